The first-order chi connectivity index (χ1) is 13.7. The summed E-state index contributed by atoms with van der Waals surface area (Å²) in [6.45, 7) is 4.08. The van der Waals surface area contributed by atoms with Gasteiger partial charge < -0.3 is 0 Å². The smallest absolute Gasteiger partial charge is 0.162 e. The first-order valence-corrected chi connectivity index (χ1v) is 9.91. The zero-order valence-electron chi connectivity index (χ0n) is 15.9. The van der Waals surface area contributed by atoms with Crippen LogP contribution in [0.5, 0.6) is 0 Å². The van der Waals surface area contributed by atoms with Crippen molar-refractivity contribution in [1.82, 2.24) is 23.9 Å². The van der Waals surface area contributed by atoms with Crippen LogP contribution in [0.25, 0.3) is 27.9 Å². The Morgan fingerprint density at radius 1 is 0.964 bits per heavy atom. The molecule has 3 aromatic heterocycles. The maximum absolute atomic E-state index is 4.66. The molecule has 0 atom stereocenters. The Labute approximate surface area is 170 Å². The maximum atomic E-state index is 4.66. The summed E-state index contributed by atoms with van der Waals surface area (Å²) >= 11 is 4.41. The second kappa shape index (κ2) is 8.54. The van der Waals surface area contributed by atoms with E-state index in [0.717, 1.165) is 53.8 Å². The Hall–Kier alpha value is -2.70. The fourth-order valence-corrected chi connectivity index (χ4v) is 3.39. The van der Waals surface area contributed by atoms with Gasteiger partial charge in [-0.3, -0.25) is 9.29 Å². The zero-order chi connectivity index (χ0) is 19.3. The average molecular weight is 390 g/mol. The minimum absolute atomic E-state index is 0.846. The molecule has 1 aromatic carbocycles. The van der Waals surface area contributed by atoms with Crippen molar-refractivity contribution in [2.24, 2.45) is 0 Å². The molecule has 4 rings (SSSR count). The average Bonchev–Trinajstić information content (AvgIpc) is 3.18. The first kappa shape index (κ1) is 18.7. The van der Waals surface area contributed by atoms with E-state index >= 15 is 0 Å². The summed E-state index contributed by atoms with van der Waals surface area (Å²) in [6, 6.07) is 12.6. The van der Waals surface area contributed by atoms with Crippen molar-refractivity contribution in [3.05, 3.63) is 72.9 Å². The molecular weight excluding hydrogens is 366 g/mol. The van der Waals surface area contributed by atoms with E-state index in [1.807, 2.05) is 39.5 Å². The van der Waals surface area contributed by atoms with Gasteiger partial charge in [0.05, 0.1) is 6.20 Å². The molecule has 4 aromatic rings. The standard InChI is InChI=1S/C22H23N5S/c1-2-26(28)13-3-4-17-5-7-18(8-6-17)20-14-24-22-21(15-25-27(22)16-20)19-9-11-23-12-10-19/h5-12,14-16,28H,2-4,13H2,1H3. The van der Waals surface area contributed by atoms with Crippen molar-refractivity contribution in [1.29, 1.82) is 0 Å². The van der Waals surface area contributed by atoms with Gasteiger partial charge in [-0.1, -0.05) is 44.0 Å². The van der Waals surface area contributed by atoms with Gasteiger partial charge in [-0.15, -0.1) is 0 Å². The van der Waals surface area contributed by atoms with Crippen molar-refractivity contribution in [2.75, 3.05) is 13.1 Å². The first-order valence-electron chi connectivity index (χ1n) is 9.51. The third-order valence-corrected chi connectivity index (χ3v) is 5.36. The molecule has 28 heavy (non-hydrogen) atoms. The molecule has 0 saturated carbocycles. The van der Waals surface area contributed by atoms with Gasteiger partial charge in [0.15, 0.2) is 5.65 Å². The summed E-state index contributed by atoms with van der Waals surface area (Å²) in [7, 11) is 0. The van der Waals surface area contributed by atoms with Crippen LogP contribution in [0, 0.1) is 0 Å². The quantitative estimate of drug-likeness (QED) is 0.471. The van der Waals surface area contributed by atoms with Crippen LogP contribution in [0.3, 0.4) is 0 Å². The molecule has 142 valence electrons. The summed E-state index contributed by atoms with van der Waals surface area (Å²) in [4.78, 5) is 8.73. The maximum Gasteiger partial charge on any atom is 0.162 e. The number of pyridine rings is 1. The molecular formula is C22H23N5S. The molecule has 0 aliphatic carbocycles. The predicted molar refractivity (Wildman–Crippen MR) is 116 cm³/mol. The van der Waals surface area contributed by atoms with E-state index < -0.39 is 0 Å². The third-order valence-electron chi connectivity index (χ3n) is 4.88. The second-order valence-corrected chi connectivity index (χ2v) is 7.32. The SMILES string of the molecule is CCN(S)CCCc1ccc(-c2cnc3c(-c4ccncc4)cnn3c2)cc1. The van der Waals surface area contributed by atoms with Crippen LogP contribution in [-0.4, -0.2) is 37.0 Å². The van der Waals surface area contributed by atoms with Crippen LogP contribution < -0.4 is 0 Å². The minimum Gasteiger partial charge on any atom is -0.265 e. The molecule has 0 spiro atoms. The molecule has 0 N–H and O–H groups in total. The van der Waals surface area contributed by atoms with Gasteiger partial charge in [-0.2, -0.15) is 5.10 Å². The van der Waals surface area contributed by atoms with Gasteiger partial charge in [-0.25, -0.2) is 9.50 Å². The van der Waals surface area contributed by atoms with E-state index in [9.17, 15) is 0 Å². The number of rotatable bonds is 7. The molecule has 3 heterocycles. The summed E-state index contributed by atoms with van der Waals surface area (Å²) in [5.41, 5.74) is 6.46. The van der Waals surface area contributed by atoms with E-state index in [2.05, 4.69) is 59.1 Å². The molecule has 0 aliphatic heterocycles. The fourth-order valence-electron chi connectivity index (χ4n) is 3.25. The number of benzene rings is 1. The summed E-state index contributed by atoms with van der Waals surface area (Å²) < 4.78 is 3.88. The lowest BCUT2D eigenvalue weighted by Crippen LogP contribution is -2.13. The molecule has 0 saturated heterocycles. The lowest BCUT2D eigenvalue weighted by atomic mass is 10.0. The molecule has 0 bridgehead atoms. The number of aromatic nitrogens is 4. The Morgan fingerprint density at radius 2 is 1.75 bits per heavy atom. The molecule has 0 radical (unpaired) electrons. The second-order valence-electron chi connectivity index (χ2n) is 6.75. The van der Waals surface area contributed by atoms with Gasteiger partial charge >= 0.3 is 0 Å². The Balaban J connectivity index is 1.51. The van der Waals surface area contributed by atoms with E-state index in [1.165, 1.54) is 5.56 Å². The zero-order valence-corrected chi connectivity index (χ0v) is 16.8. The minimum atomic E-state index is 0.846. The Morgan fingerprint density at radius 3 is 2.50 bits per heavy atom. The number of thiol groups is 1. The van der Waals surface area contributed by atoms with Crippen molar-refractivity contribution in [3.8, 4) is 22.3 Å². The van der Waals surface area contributed by atoms with Crippen LogP contribution in [0.1, 0.15) is 18.9 Å². The third kappa shape index (κ3) is 4.08. The predicted octanol–water partition coefficient (Wildman–Crippen LogP) is 4.56. The molecule has 0 unspecified atom stereocenters. The van der Waals surface area contributed by atoms with Gasteiger partial charge in [0.25, 0.3) is 0 Å². The van der Waals surface area contributed by atoms with Crippen LogP contribution in [-0.2, 0) is 6.42 Å². The number of hydrogen-bond donors (Lipinski definition) is 1. The van der Waals surface area contributed by atoms with Gasteiger partial charge in [0.1, 0.15) is 0 Å². The van der Waals surface area contributed by atoms with E-state index in [0.29, 0.717) is 0 Å². The highest BCUT2D eigenvalue weighted by atomic mass is 32.1. The van der Waals surface area contributed by atoms with Crippen molar-refractivity contribution < 1.29 is 0 Å². The topological polar surface area (TPSA) is 46.3 Å². The number of hydrogen-bond acceptors (Lipinski definition) is 5. The van der Waals surface area contributed by atoms with Crippen molar-refractivity contribution >= 4 is 18.5 Å². The normalized spacial score (nSPS) is 11.4. The lowest BCUT2D eigenvalue weighted by molar-refractivity contribution is 0.488. The van der Waals surface area contributed by atoms with Crippen LogP contribution in [0.15, 0.2) is 67.4 Å². The summed E-state index contributed by atoms with van der Waals surface area (Å²) in [5, 5.41) is 4.49. The van der Waals surface area contributed by atoms with Crippen LogP contribution in [0.4, 0.5) is 0 Å². The van der Waals surface area contributed by atoms with Crippen molar-refractivity contribution in [3.63, 3.8) is 0 Å². The van der Waals surface area contributed by atoms with E-state index in [1.54, 1.807) is 12.4 Å². The van der Waals surface area contributed by atoms with Gasteiger partial charge in [0.2, 0.25) is 0 Å². The number of nitrogens with zero attached hydrogens (tertiary/aromatic N) is 5. The highest BCUT2D eigenvalue weighted by Crippen LogP contribution is 2.25. The van der Waals surface area contributed by atoms with E-state index in [-0.39, 0.29) is 0 Å². The van der Waals surface area contributed by atoms with Crippen molar-refractivity contribution in [2.45, 2.75) is 19.8 Å². The molecule has 6 heteroatoms. The molecule has 5 nitrogen and oxygen atoms in total. The Bertz CT molecular complexity index is 1040. The molecule has 0 fully saturated rings. The lowest BCUT2D eigenvalue weighted by Gasteiger charge is -2.11. The van der Waals surface area contributed by atoms with E-state index in [4.69, 9.17) is 0 Å². The summed E-state index contributed by atoms with van der Waals surface area (Å²) in [6.07, 6.45) is 11.5. The number of aryl methyl sites for hydroxylation is 1. The fraction of sp³-hybridized carbons (Fsp3) is 0.227. The van der Waals surface area contributed by atoms with Crippen LogP contribution >= 0.6 is 12.8 Å². The highest BCUT2D eigenvalue weighted by Gasteiger charge is 2.09. The van der Waals surface area contributed by atoms with Gasteiger partial charge in [0, 0.05) is 49.0 Å². The monoisotopic (exact) mass is 389 g/mol. The largest absolute Gasteiger partial charge is 0.265 e. The van der Waals surface area contributed by atoms with Crippen LogP contribution in [0.2, 0.25) is 0 Å². The summed E-state index contributed by atoms with van der Waals surface area (Å²) in [5.74, 6) is 0. The van der Waals surface area contributed by atoms with Gasteiger partial charge in [-0.05, 0) is 41.7 Å². The Kier molecular flexibility index (Phi) is 5.69. The molecule has 0 aliphatic rings. The number of fused-ring (bicyclic) bond motifs is 1. The molecule has 0 amide bonds. The highest BCUT2D eigenvalue weighted by molar-refractivity contribution is 7.77.